The molecule has 0 saturated carbocycles. The molecule has 0 aliphatic carbocycles. The number of aliphatic hydroxyl groups excluding tert-OH is 2. The van der Waals surface area contributed by atoms with Crippen LogP contribution in [-0.2, 0) is 13.1 Å². The number of benzene rings is 2. The van der Waals surface area contributed by atoms with Gasteiger partial charge in [0, 0.05) is 23.8 Å². The minimum Gasteiger partial charge on any atom is -0.394 e. The van der Waals surface area contributed by atoms with E-state index in [1.807, 2.05) is 41.2 Å². The van der Waals surface area contributed by atoms with Crippen LogP contribution in [0.5, 0.6) is 0 Å². The number of nitrogens with one attached hydrogen (secondary N) is 2. The van der Waals surface area contributed by atoms with Gasteiger partial charge in [-0.05, 0) is 54.4 Å². The molecule has 3 aromatic heterocycles. The zero-order valence-electron chi connectivity index (χ0n) is 19.2. The maximum atomic E-state index is 13.6. The van der Waals surface area contributed by atoms with E-state index in [2.05, 4.69) is 25.8 Å². The van der Waals surface area contributed by atoms with Crippen LogP contribution in [0.1, 0.15) is 18.1 Å². The van der Waals surface area contributed by atoms with E-state index in [0.29, 0.717) is 18.9 Å². The van der Waals surface area contributed by atoms with Crippen molar-refractivity contribution in [1.82, 2.24) is 29.7 Å². The molecule has 0 radical (unpaired) electrons. The molecule has 0 atom stereocenters. The highest BCUT2D eigenvalue weighted by Gasteiger charge is 2.22. The van der Waals surface area contributed by atoms with Crippen LogP contribution in [0.4, 0.5) is 15.9 Å². The summed E-state index contributed by atoms with van der Waals surface area (Å²) in [5.74, 6) is 0.363. The molecular formula is C25H26FN7O2. The molecule has 0 amide bonds. The number of hydrogen-bond acceptors (Lipinski definition) is 7. The summed E-state index contributed by atoms with van der Waals surface area (Å²) in [5, 5.41) is 35.4. The van der Waals surface area contributed by atoms with Gasteiger partial charge in [0.25, 0.3) is 0 Å². The van der Waals surface area contributed by atoms with Crippen molar-refractivity contribution in [2.75, 3.05) is 18.5 Å². The van der Waals surface area contributed by atoms with Crippen LogP contribution in [0.2, 0.25) is 0 Å². The van der Waals surface area contributed by atoms with E-state index in [1.54, 1.807) is 23.7 Å². The van der Waals surface area contributed by atoms with Crippen molar-refractivity contribution in [1.29, 1.82) is 0 Å². The molecule has 4 N–H and O–H groups in total. The first-order chi connectivity index (χ1) is 17.0. The van der Waals surface area contributed by atoms with E-state index < -0.39 is 5.54 Å². The molecule has 0 saturated heterocycles. The van der Waals surface area contributed by atoms with Crippen LogP contribution < -0.4 is 10.6 Å². The summed E-state index contributed by atoms with van der Waals surface area (Å²) in [6, 6.07) is 14.3. The molecule has 9 nitrogen and oxygen atoms in total. The zero-order chi connectivity index (χ0) is 24.4. The van der Waals surface area contributed by atoms with Gasteiger partial charge in [-0.25, -0.2) is 13.9 Å². The number of rotatable bonds is 9. The van der Waals surface area contributed by atoms with Gasteiger partial charge in [0.15, 0.2) is 5.82 Å². The molecule has 0 bridgehead atoms. The third-order valence-corrected chi connectivity index (χ3v) is 6.07. The van der Waals surface area contributed by atoms with Gasteiger partial charge < -0.3 is 20.8 Å². The molecule has 180 valence electrons. The average Bonchev–Trinajstić information content (AvgIpc) is 3.47. The van der Waals surface area contributed by atoms with Crippen LogP contribution in [0.25, 0.3) is 16.4 Å². The summed E-state index contributed by atoms with van der Waals surface area (Å²) in [7, 11) is 0. The first-order valence-corrected chi connectivity index (χ1v) is 11.2. The second-order valence-electron chi connectivity index (χ2n) is 8.80. The maximum absolute atomic E-state index is 13.6. The highest BCUT2D eigenvalue weighted by Crippen LogP contribution is 2.26. The standard InChI is InChI=1S/C25H26FN7O2/c1-25(14-34,15-35)28-11-18-7-8-32-23(18)24(27-16-30-32)31-21-5-6-22-19(10-21)12-29-33(22)13-17-3-2-4-20(26)9-17/h2-10,12,16,28,34-35H,11,13-15H2,1H3,(H,27,30,31). The monoisotopic (exact) mass is 475 g/mol. The van der Waals surface area contributed by atoms with E-state index in [0.717, 1.165) is 33.2 Å². The lowest BCUT2D eigenvalue weighted by Gasteiger charge is -2.26. The first-order valence-electron chi connectivity index (χ1n) is 11.2. The van der Waals surface area contributed by atoms with Crippen molar-refractivity contribution in [2.24, 2.45) is 0 Å². The van der Waals surface area contributed by atoms with Gasteiger partial charge >= 0.3 is 0 Å². The molecule has 5 aromatic rings. The Bertz CT molecular complexity index is 1480. The molecule has 3 heterocycles. The quantitative estimate of drug-likeness (QED) is 0.259. The summed E-state index contributed by atoms with van der Waals surface area (Å²) in [4.78, 5) is 4.44. The minimum absolute atomic E-state index is 0.191. The van der Waals surface area contributed by atoms with Crippen LogP contribution in [0.3, 0.4) is 0 Å². The number of aliphatic hydroxyl groups is 2. The topological polar surface area (TPSA) is 113 Å². The van der Waals surface area contributed by atoms with Crippen molar-refractivity contribution >= 4 is 27.9 Å². The molecule has 0 fully saturated rings. The predicted molar refractivity (Wildman–Crippen MR) is 131 cm³/mol. The summed E-state index contributed by atoms with van der Waals surface area (Å²) in [6.45, 7) is 2.27. The summed E-state index contributed by atoms with van der Waals surface area (Å²) in [6.07, 6.45) is 5.11. The Kier molecular flexibility index (Phi) is 6.16. The SMILES string of the molecule is CC(CO)(CO)NCc1ccn2ncnc(Nc3ccc4c(cnn4Cc4cccc(F)c4)c3)c12. The fraction of sp³-hybridized carbons (Fsp3) is 0.240. The third-order valence-electron chi connectivity index (χ3n) is 6.07. The molecule has 10 heteroatoms. The molecule has 0 aliphatic rings. The van der Waals surface area contributed by atoms with E-state index in [4.69, 9.17) is 0 Å². The van der Waals surface area contributed by atoms with E-state index in [1.165, 1.54) is 18.5 Å². The smallest absolute Gasteiger partial charge is 0.158 e. The molecule has 35 heavy (non-hydrogen) atoms. The zero-order valence-corrected chi connectivity index (χ0v) is 19.2. The second kappa shape index (κ2) is 9.41. The van der Waals surface area contributed by atoms with E-state index >= 15 is 0 Å². The van der Waals surface area contributed by atoms with Gasteiger partial charge in [0.2, 0.25) is 0 Å². The van der Waals surface area contributed by atoms with Crippen molar-refractivity contribution < 1.29 is 14.6 Å². The number of hydrogen-bond donors (Lipinski definition) is 4. The molecule has 0 unspecified atom stereocenters. The number of nitrogens with zero attached hydrogens (tertiary/aromatic N) is 5. The van der Waals surface area contributed by atoms with Gasteiger partial charge in [-0.3, -0.25) is 4.68 Å². The van der Waals surface area contributed by atoms with Crippen LogP contribution in [0.15, 0.2) is 67.3 Å². The lowest BCUT2D eigenvalue weighted by molar-refractivity contribution is 0.103. The molecule has 2 aromatic carbocycles. The predicted octanol–water partition coefficient (Wildman–Crippen LogP) is 2.84. The van der Waals surface area contributed by atoms with Crippen molar-refractivity contribution in [3.05, 3.63) is 84.2 Å². The lowest BCUT2D eigenvalue weighted by Crippen LogP contribution is -2.48. The van der Waals surface area contributed by atoms with Gasteiger partial charge in [-0.2, -0.15) is 10.2 Å². The highest BCUT2D eigenvalue weighted by molar-refractivity contribution is 5.85. The number of halogens is 1. The number of fused-ring (bicyclic) bond motifs is 2. The molecular weight excluding hydrogens is 449 g/mol. The molecule has 5 rings (SSSR count). The van der Waals surface area contributed by atoms with E-state index in [9.17, 15) is 14.6 Å². The highest BCUT2D eigenvalue weighted by atomic mass is 19.1. The van der Waals surface area contributed by atoms with Gasteiger partial charge in [-0.15, -0.1) is 0 Å². The Morgan fingerprint density at radius 2 is 1.91 bits per heavy atom. The van der Waals surface area contributed by atoms with Crippen LogP contribution >= 0.6 is 0 Å². The van der Waals surface area contributed by atoms with Crippen LogP contribution in [0, 0.1) is 5.82 Å². The fourth-order valence-electron chi connectivity index (χ4n) is 3.96. The summed E-state index contributed by atoms with van der Waals surface area (Å²) >= 11 is 0. The minimum atomic E-state index is -0.797. The fourth-order valence-corrected chi connectivity index (χ4v) is 3.96. The van der Waals surface area contributed by atoms with Crippen molar-refractivity contribution in [3.63, 3.8) is 0 Å². The van der Waals surface area contributed by atoms with Gasteiger partial charge in [-0.1, -0.05) is 12.1 Å². The molecule has 0 aliphatic heterocycles. The summed E-state index contributed by atoms with van der Waals surface area (Å²) < 4.78 is 17.1. The normalized spacial score (nSPS) is 12.0. The Labute approximate surface area is 200 Å². The Balaban J connectivity index is 1.40. The van der Waals surface area contributed by atoms with E-state index in [-0.39, 0.29) is 19.0 Å². The lowest BCUT2D eigenvalue weighted by atomic mass is 10.1. The summed E-state index contributed by atoms with van der Waals surface area (Å²) in [5.41, 5.74) is 3.53. The number of anilines is 2. The third kappa shape index (κ3) is 4.72. The maximum Gasteiger partial charge on any atom is 0.158 e. The van der Waals surface area contributed by atoms with Gasteiger partial charge in [0.05, 0.1) is 37.0 Å². The second-order valence-corrected chi connectivity index (χ2v) is 8.80. The van der Waals surface area contributed by atoms with Crippen LogP contribution in [-0.4, -0.2) is 53.3 Å². The average molecular weight is 476 g/mol. The Morgan fingerprint density at radius 1 is 1.06 bits per heavy atom. The molecule has 0 spiro atoms. The first kappa shape index (κ1) is 22.9. The Morgan fingerprint density at radius 3 is 2.71 bits per heavy atom. The van der Waals surface area contributed by atoms with Crippen molar-refractivity contribution in [3.8, 4) is 0 Å². The van der Waals surface area contributed by atoms with Crippen molar-refractivity contribution in [2.45, 2.75) is 25.6 Å². The largest absolute Gasteiger partial charge is 0.394 e. The van der Waals surface area contributed by atoms with Gasteiger partial charge in [0.1, 0.15) is 17.7 Å². The number of aromatic nitrogens is 5. The Hall–Kier alpha value is -3.86.